The van der Waals surface area contributed by atoms with Crippen molar-refractivity contribution in [2.75, 3.05) is 11.4 Å². The summed E-state index contributed by atoms with van der Waals surface area (Å²) in [6, 6.07) is 11.9. The highest BCUT2D eigenvalue weighted by atomic mass is 35.5. The lowest BCUT2D eigenvalue weighted by Gasteiger charge is -2.23. The van der Waals surface area contributed by atoms with E-state index in [0.717, 1.165) is 5.56 Å². The maximum Gasteiger partial charge on any atom is 0.245 e. The van der Waals surface area contributed by atoms with Crippen LogP contribution in [0.1, 0.15) is 32.8 Å². The van der Waals surface area contributed by atoms with Gasteiger partial charge in [0.25, 0.3) is 0 Å². The summed E-state index contributed by atoms with van der Waals surface area (Å²) in [6.07, 6.45) is 2.53. The SMILES string of the molecule is CC(C)(C)c1ccccc1-c1ccc(N2CC[C@H](N)C2=O)nc1.Cl. The van der Waals surface area contributed by atoms with Crippen molar-refractivity contribution in [1.29, 1.82) is 0 Å². The van der Waals surface area contributed by atoms with E-state index < -0.39 is 6.04 Å². The summed E-state index contributed by atoms with van der Waals surface area (Å²) in [5.41, 5.74) is 9.37. The summed E-state index contributed by atoms with van der Waals surface area (Å²) < 4.78 is 0. The largest absolute Gasteiger partial charge is 0.320 e. The third-order valence-corrected chi connectivity index (χ3v) is 4.32. The van der Waals surface area contributed by atoms with E-state index in [-0.39, 0.29) is 23.7 Å². The first-order valence-corrected chi connectivity index (χ1v) is 8.01. The molecule has 0 aliphatic carbocycles. The molecule has 0 radical (unpaired) electrons. The molecular weight excluding hydrogens is 322 g/mol. The number of nitrogens with zero attached hydrogens (tertiary/aromatic N) is 2. The van der Waals surface area contributed by atoms with Gasteiger partial charge in [-0.05, 0) is 35.1 Å². The van der Waals surface area contributed by atoms with Crippen LogP contribution in [0.25, 0.3) is 11.1 Å². The Hall–Kier alpha value is -1.91. The van der Waals surface area contributed by atoms with Crippen molar-refractivity contribution in [3.8, 4) is 11.1 Å². The van der Waals surface area contributed by atoms with E-state index in [1.54, 1.807) is 4.90 Å². The first kappa shape index (κ1) is 18.4. The Morgan fingerprint density at radius 1 is 1.17 bits per heavy atom. The van der Waals surface area contributed by atoms with E-state index >= 15 is 0 Å². The van der Waals surface area contributed by atoms with Crippen LogP contribution < -0.4 is 10.6 Å². The van der Waals surface area contributed by atoms with Gasteiger partial charge in [-0.15, -0.1) is 12.4 Å². The van der Waals surface area contributed by atoms with Crippen molar-refractivity contribution in [3.63, 3.8) is 0 Å². The van der Waals surface area contributed by atoms with Gasteiger partial charge < -0.3 is 5.73 Å². The molecule has 1 aliphatic rings. The Kier molecular flexibility index (Phi) is 5.31. The van der Waals surface area contributed by atoms with Crippen molar-refractivity contribution in [3.05, 3.63) is 48.2 Å². The summed E-state index contributed by atoms with van der Waals surface area (Å²) >= 11 is 0. The number of anilines is 1. The molecule has 4 nitrogen and oxygen atoms in total. The topological polar surface area (TPSA) is 59.2 Å². The highest BCUT2D eigenvalue weighted by Gasteiger charge is 2.30. The van der Waals surface area contributed by atoms with Gasteiger partial charge in [0.15, 0.2) is 0 Å². The smallest absolute Gasteiger partial charge is 0.245 e. The van der Waals surface area contributed by atoms with Crippen LogP contribution in [0.5, 0.6) is 0 Å². The molecule has 1 amide bonds. The molecule has 3 rings (SSSR count). The first-order chi connectivity index (χ1) is 10.9. The zero-order valence-electron chi connectivity index (χ0n) is 14.3. The van der Waals surface area contributed by atoms with E-state index in [1.807, 2.05) is 24.4 Å². The van der Waals surface area contributed by atoms with E-state index in [2.05, 4.69) is 44.0 Å². The molecule has 128 valence electrons. The number of halogens is 1. The standard InChI is InChI=1S/C19H23N3O.ClH/c1-19(2,3)15-7-5-4-6-14(15)13-8-9-17(21-12-13)22-11-10-16(20)18(22)23;/h4-9,12,16H,10-11,20H2,1-3H3;1H/t16-;/m0./s1. The van der Waals surface area contributed by atoms with Crippen LogP contribution in [0, 0.1) is 0 Å². The fourth-order valence-corrected chi connectivity index (χ4v) is 3.02. The molecule has 0 saturated carbocycles. The molecule has 1 aromatic heterocycles. The van der Waals surface area contributed by atoms with Gasteiger partial charge in [0.05, 0.1) is 6.04 Å². The molecule has 1 aliphatic heterocycles. The number of carbonyl (C=O) groups excluding carboxylic acids is 1. The molecule has 1 aromatic carbocycles. The molecule has 2 aromatic rings. The lowest BCUT2D eigenvalue weighted by molar-refractivity contribution is -0.118. The molecule has 2 heterocycles. The molecule has 24 heavy (non-hydrogen) atoms. The number of amides is 1. The number of nitrogens with two attached hydrogens (primary N) is 1. The summed E-state index contributed by atoms with van der Waals surface area (Å²) in [5, 5.41) is 0. The number of aromatic nitrogens is 1. The fourth-order valence-electron chi connectivity index (χ4n) is 3.02. The van der Waals surface area contributed by atoms with Gasteiger partial charge >= 0.3 is 0 Å². The Bertz CT molecular complexity index is 722. The van der Waals surface area contributed by atoms with Crippen molar-refractivity contribution in [1.82, 2.24) is 4.98 Å². The van der Waals surface area contributed by atoms with Crippen LogP contribution >= 0.6 is 12.4 Å². The van der Waals surface area contributed by atoms with Crippen LogP contribution in [0.3, 0.4) is 0 Å². The summed E-state index contributed by atoms with van der Waals surface area (Å²) in [6.45, 7) is 7.26. The fraction of sp³-hybridized carbons (Fsp3) is 0.368. The number of hydrogen-bond acceptors (Lipinski definition) is 3. The van der Waals surface area contributed by atoms with Gasteiger partial charge in [-0.2, -0.15) is 0 Å². The van der Waals surface area contributed by atoms with Crippen molar-refractivity contribution in [2.45, 2.75) is 38.6 Å². The molecule has 2 N–H and O–H groups in total. The highest BCUT2D eigenvalue weighted by molar-refractivity contribution is 5.98. The number of pyridine rings is 1. The van der Waals surface area contributed by atoms with Crippen LogP contribution in [0.2, 0.25) is 0 Å². The summed E-state index contributed by atoms with van der Waals surface area (Å²) in [4.78, 5) is 18.2. The van der Waals surface area contributed by atoms with Crippen molar-refractivity contribution >= 4 is 24.1 Å². The van der Waals surface area contributed by atoms with E-state index in [0.29, 0.717) is 18.8 Å². The van der Waals surface area contributed by atoms with Crippen LogP contribution in [0.4, 0.5) is 5.82 Å². The molecule has 1 saturated heterocycles. The molecule has 0 unspecified atom stereocenters. The van der Waals surface area contributed by atoms with Gasteiger partial charge in [0.1, 0.15) is 5.82 Å². The molecule has 0 bridgehead atoms. The third-order valence-electron chi connectivity index (χ3n) is 4.32. The predicted octanol–water partition coefficient (Wildman–Crippen LogP) is 3.53. The van der Waals surface area contributed by atoms with E-state index in [4.69, 9.17) is 5.73 Å². The maximum atomic E-state index is 12.0. The highest BCUT2D eigenvalue weighted by Crippen LogP contribution is 2.33. The van der Waals surface area contributed by atoms with Gasteiger partial charge in [0, 0.05) is 18.3 Å². The minimum Gasteiger partial charge on any atom is -0.320 e. The molecule has 5 heteroatoms. The Balaban J connectivity index is 0.00000208. The Labute approximate surface area is 149 Å². The predicted molar refractivity (Wildman–Crippen MR) is 101 cm³/mol. The van der Waals surface area contributed by atoms with Crippen LogP contribution in [-0.4, -0.2) is 23.5 Å². The van der Waals surface area contributed by atoms with E-state index in [9.17, 15) is 4.79 Å². The lowest BCUT2D eigenvalue weighted by atomic mass is 9.82. The van der Waals surface area contributed by atoms with Gasteiger partial charge in [-0.3, -0.25) is 9.69 Å². The maximum absolute atomic E-state index is 12.0. The second kappa shape index (κ2) is 6.91. The quantitative estimate of drug-likeness (QED) is 0.905. The summed E-state index contributed by atoms with van der Waals surface area (Å²) in [7, 11) is 0. The number of rotatable bonds is 2. The first-order valence-electron chi connectivity index (χ1n) is 8.01. The minimum absolute atomic E-state index is 0. The zero-order chi connectivity index (χ0) is 16.6. The molecule has 1 fully saturated rings. The Morgan fingerprint density at radius 3 is 2.42 bits per heavy atom. The monoisotopic (exact) mass is 345 g/mol. The van der Waals surface area contributed by atoms with Crippen LogP contribution in [-0.2, 0) is 10.2 Å². The van der Waals surface area contributed by atoms with E-state index in [1.165, 1.54) is 11.1 Å². The lowest BCUT2D eigenvalue weighted by Crippen LogP contribution is -2.34. The molecule has 0 spiro atoms. The molecule has 1 atom stereocenters. The normalized spacial score (nSPS) is 17.8. The number of hydrogen-bond donors (Lipinski definition) is 1. The van der Waals surface area contributed by atoms with Gasteiger partial charge in [-0.25, -0.2) is 4.98 Å². The van der Waals surface area contributed by atoms with Crippen LogP contribution in [0.15, 0.2) is 42.6 Å². The van der Waals surface area contributed by atoms with Crippen molar-refractivity contribution in [2.24, 2.45) is 5.73 Å². The summed E-state index contributed by atoms with van der Waals surface area (Å²) in [5.74, 6) is 0.639. The number of carbonyl (C=O) groups is 1. The zero-order valence-corrected chi connectivity index (χ0v) is 15.1. The van der Waals surface area contributed by atoms with Gasteiger partial charge in [0.2, 0.25) is 5.91 Å². The number of benzene rings is 1. The average Bonchev–Trinajstić information content (AvgIpc) is 2.86. The Morgan fingerprint density at radius 2 is 1.88 bits per heavy atom. The average molecular weight is 346 g/mol. The van der Waals surface area contributed by atoms with Crippen molar-refractivity contribution < 1.29 is 4.79 Å². The van der Waals surface area contributed by atoms with Gasteiger partial charge in [-0.1, -0.05) is 45.0 Å². The second-order valence-corrected chi connectivity index (χ2v) is 7.09. The third kappa shape index (κ3) is 3.45. The molecular formula is C19H24ClN3O. The second-order valence-electron chi connectivity index (χ2n) is 7.09. The minimum atomic E-state index is -0.391.